The molecule has 1 heterocycles. The zero-order valence-corrected chi connectivity index (χ0v) is 13.2. The van der Waals surface area contributed by atoms with Crippen molar-refractivity contribution in [3.05, 3.63) is 53.9 Å². The van der Waals surface area contributed by atoms with Crippen LogP contribution in [-0.2, 0) is 0 Å². The van der Waals surface area contributed by atoms with Crippen molar-refractivity contribution < 1.29 is 4.74 Å². The fourth-order valence-electron chi connectivity index (χ4n) is 2.75. The summed E-state index contributed by atoms with van der Waals surface area (Å²) < 4.78 is 6.49. The van der Waals surface area contributed by atoms with Crippen LogP contribution >= 0.6 is 11.8 Å². The summed E-state index contributed by atoms with van der Waals surface area (Å²) >= 11 is 1.84. The molecule has 110 valence electrons. The van der Waals surface area contributed by atoms with Gasteiger partial charge in [0.1, 0.15) is 11.4 Å². The Balaban J connectivity index is 1.86. The fourth-order valence-corrected chi connectivity index (χ4v) is 3.77. The number of rotatable bonds is 6. The summed E-state index contributed by atoms with van der Waals surface area (Å²) in [7, 11) is 2.00. The van der Waals surface area contributed by atoms with Crippen LogP contribution in [0.5, 0.6) is 5.75 Å². The van der Waals surface area contributed by atoms with Gasteiger partial charge in [-0.2, -0.15) is 0 Å². The van der Waals surface area contributed by atoms with Crippen molar-refractivity contribution in [3.63, 3.8) is 0 Å². The van der Waals surface area contributed by atoms with Gasteiger partial charge < -0.3 is 10.1 Å². The highest BCUT2D eigenvalue weighted by Crippen LogP contribution is 2.36. The van der Waals surface area contributed by atoms with Crippen LogP contribution < -0.4 is 10.1 Å². The van der Waals surface area contributed by atoms with E-state index in [-0.39, 0.29) is 5.60 Å². The zero-order chi connectivity index (χ0) is 14.5. The molecular formula is C18H21NOS. The van der Waals surface area contributed by atoms with Gasteiger partial charge in [0.15, 0.2) is 0 Å². The van der Waals surface area contributed by atoms with Crippen molar-refractivity contribution in [2.45, 2.75) is 18.4 Å². The number of benzene rings is 2. The molecule has 0 saturated heterocycles. The van der Waals surface area contributed by atoms with E-state index >= 15 is 0 Å². The first-order chi connectivity index (χ1) is 10.3. The fraction of sp³-hybridized carbons (Fsp3) is 0.333. The highest BCUT2D eigenvalue weighted by Gasteiger charge is 2.32. The number of hydrogen-bond donors (Lipinski definition) is 1. The topological polar surface area (TPSA) is 21.3 Å². The van der Waals surface area contributed by atoms with Gasteiger partial charge >= 0.3 is 0 Å². The van der Waals surface area contributed by atoms with Gasteiger partial charge in [-0.25, -0.2) is 0 Å². The van der Waals surface area contributed by atoms with Crippen molar-refractivity contribution in [1.82, 2.24) is 5.32 Å². The molecule has 0 spiro atoms. The number of nitrogens with one attached hydrogen (secondary N) is 1. The van der Waals surface area contributed by atoms with Crippen LogP contribution in [0.1, 0.15) is 12.8 Å². The van der Waals surface area contributed by atoms with E-state index in [4.69, 9.17) is 4.74 Å². The molecular weight excluding hydrogens is 278 g/mol. The van der Waals surface area contributed by atoms with Crippen molar-refractivity contribution in [1.29, 1.82) is 0 Å². The van der Waals surface area contributed by atoms with E-state index in [0.717, 1.165) is 30.9 Å². The Labute approximate surface area is 130 Å². The summed E-state index contributed by atoms with van der Waals surface area (Å²) in [6, 6.07) is 14.7. The molecule has 1 atom stereocenters. The average Bonchev–Trinajstić information content (AvgIpc) is 2.97. The highest BCUT2D eigenvalue weighted by molar-refractivity contribution is 8.02. The van der Waals surface area contributed by atoms with Gasteiger partial charge in [-0.1, -0.05) is 36.4 Å². The Bertz CT molecular complexity index is 635. The van der Waals surface area contributed by atoms with Crippen LogP contribution in [-0.4, -0.2) is 24.9 Å². The normalized spacial score (nSPS) is 21.0. The Morgan fingerprint density at radius 1 is 1.19 bits per heavy atom. The molecule has 1 aliphatic rings. The Hall–Kier alpha value is -1.45. The van der Waals surface area contributed by atoms with Gasteiger partial charge in [0.2, 0.25) is 0 Å². The van der Waals surface area contributed by atoms with Crippen LogP contribution in [0.25, 0.3) is 10.8 Å². The molecule has 0 unspecified atom stereocenters. The summed E-state index contributed by atoms with van der Waals surface area (Å²) in [5.41, 5.74) is -0.161. The van der Waals surface area contributed by atoms with E-state index in [0.29, 0.717) is 0 Å². The first-order valence-corrected chi connectivity index (χ1v) is 8.49. The lowest BCUT2D eigenvalue weighted by atomic mass is 9.99. The molecule has 2 aromatic carbocycles. The van der Waals surface area contributed by atoms with Gasteiger partial charge in [0, 0.05) is 11.1 Å². The first-order valence-electron chi connectivity index (χ1n) is 7.44. The zero-order valence-electron chi connectivity index (χ0n) is 12.3. The van der Waals surface area contributed by atoms with Crippen LogP contribution in [0.4, 0.5) is 0 Å². The predicted molar refractivity (Wildman–Crippen MR) is 92.1 cm³/mol. The summed E-state index contributed by atoms with van der Waals surface area (Å²) in [6.45, 7) is 1.03. The predicted octanol–water partition coefficient (Wildman–Crippen LogP) is 4.22. The van der Waals surface area contributed by atoms with Crippen LogP contribution in [0.2, 0.25) is 0 Å². The largest absolute Gasteiger partial charge is 0.482 e. The van der Waals surface area contributed by atoms with Gasteiger partial charge in [-0.3, -0.25) is 0 Å². The molecule has 0 radical (unpaired) electrons. The van der Waals surface area contributed by atoms with Crippen molar-refractivity contribution in [3.8, 4) is 5.75 Å². The average molecular weight is 299 g/mol. The molecule has 2 nitrogen and oxygen atoms in total. The Morgan fingerprint density at radius 3 is 2.86 bits per heavy atom. The maximum absolute atomic E-state index is 6.49. The van der Waals surface area contributed by atoms with Gasteiger partial charge in [0.05, 0.1) is 0 Å². The highest BCUT2D eigenvalue weighted by atomic mass is 32.2. The lowest BCUT2D eigenvalue weighted by molar-refractivity contribution is 0.137. The number of hydrogen-bond acceptors (Lipinski definition) is 3. The molecule has 0 saturated carbocycles. The minimum Gasteiger partial charge on any atom is -0.482 e. The maximum atomic E-state index is 6.49. The number of fused-ring (bicyclic) bond motifs is 1. The third-order valence-electron chi connectivity index (χ3n) is 3.89. The summed E-state index contributed by atoms with van der Waals surface area (Å²) in [5.74, 6) is 1.99. The lowest BCUT2D eigenvalue weighted by Crippen LogP contribution is -2.35. The minimum absolute atomic E-state index is 0.161. The maximum Gasteiger partial charge on any atom is 0.137 e. The SMILES string of the molecule is CNCCC[C@]1(Oc2cccc3ccccc23)C=CSC1. The summed E-state index contributed by atoms with van der Waals surface area (Å²) in [6.07, 6.45) is 4.39. The van der Waals surface area contributed by atoms with E-state index in [1.807, 2.05) is 18.8 Å². The molecule has 0 aromatic heterocycles. The molecule has 1 N–H and O–H groups in total. The van der Waals surface area contributed by atoms with Gasteiger partial charge in [0.25, 0.3) is 0 Å². The first kappa shape index (κ1) is 14.5. The molecule has 0 aliphatic carbocycles. The van der Waals surface area contributed by atoms with E-state index < -0.39 is 0 Å². The smallest absolute Gasteiger partial charge is 0.137 e. The van der Waals surface area contributed by atoms with E-state index in [1.54, 1.807) is 0 Å². The summed E-state index contributed by atoms with van der Waals surface area (Å²) in [4.78, 5) is 0. The molecule has 2 aromatic rings. The van der Waals surface area contributed by atoms with Crippen LogP contribution in [0.3, 0.4) is 0 Å². The second kappa shape index (κ2) is 6.54. The quantitative estimate of drug-likeness (QED) is 0.807. The molecule has 0 amide bonds. The molecule has 21 heavy (non-hydrogen) atoms. The standard InChI is InChI=1S/C18H21NOS/c1-19-12-5-10-18(11-13-21-14-18)20-17-9-4-7-15-6-2-3-8-16(15)17/h2-4,6-9,11,13,19H,5,10,12,14H2,1H3/t18-/m0/s1. The van der Waals surface area contributed by atoms with Gasteiger partial charge in [-0.05, 0) is 49.4 Å². The Kier molecular flexibility index (Phi) is 4.51. The van der Waals surface area contributed by atoms with E-state index in [1.165, 1.54) is 10.8 Å². The third-order valence-corrected chi connectivity index (χ3v) is 4.87. The molecule has 1 aliphatic heterocycles. The van der Waals surface area contributed by atoms with Crippen molar-refractivity contribution in [2.24, 2.45) is 0 Å². The van der Waals surface area contributed by atoms with Crippen molar-refractivity contribution in [2.75, 3.05) is 19.3 Å². The van der Waals surface area contributed by atoms with E-state index in [9.17, 15) is 0 Å². The summed E-state index contributed by atoms with van der Waals surface area (Å²) in [5, 5.41) is 7.81. The molecule has 0 fully saturated rings. The molecule has 3 rings (SSSR count). The van der Waals surface area contributed by atoms with Gasteiger partial charge in [-0.15, -0.1) is 11.8 Å². The van der Waals surface area contributed by atoms with Crippen LogP contribution in [0, 0.1) is 0 Å². The molecule has 0 bridgehead atoms. The minimum atomic E-state index is -0.161. The molecule has 3 heteroatoms. The third kappa shape index (κ3) is 3.25. The monoisotopic (exact) mass is 299 g/mol. The van der Waals surface area contributed by atoms with E-state index in [2.05, 4.69) is 59.3 Å². The Morgan fingerprint density at radius 2 is 2.05 bits per heavy atom. The number of ether oxygens (including phenoxy) is 1. The lowest BCUT2D eigenvalue weighted by Gasteiger charge is -2.29. The van der Waals surface area contributed by atoms with Crippen LogP contribution in [0.15, 0.2) is 53.9 Å². The van der Waals surface area contributed by atoms with Crippen molar-refractivity contribution >= 4 is 22.5 Å². The second-order valence-electron chi connectivity index (χ2n) is 5.46. The number of thioether (sulfide) groups is 1. The second-order valence-corrected chi connectivity index (χ2v) is 6.36.